The van der Waals surface area contributed by atoms with E-state index in [1.165, 1.54) is 36.7 Å². The zero-order chi connectivity index (χ0) is 30.1. The van der Waals surface area contributed by atoms with Crippen LogP contribution in [0, 0.1) is 23.0 Å². The molecule has 0 saturated carbocycles. The van der Waals surface area contributed by atoms with Gasteiger partial charge in [-0.2, -0.15) is 0 Å². The van der Waals surface area contributed by atoms with Crippen LogP contribution in [0.3, 0.4) is 0 Å². The van der Waals surface area contributed by atoms with Gasteiger partial charge in [-0.1, -0.05) is 35.9 Å². The lowest BCUT2D eigenvalue weighted by molar-refractivity contribution is -0.151. The monoisotopic (exact) mass is 603 g/mol. The Morgan fingerprint density at radius 2 is 1.83 bits per heavy atom. The summed E-state index contributed by atoms with van der Waals surface area (Å²) in [6.45, 7) is 5.35. The molecule has 4 rings (SSSR count). The lowest BCUT2D eigenvalue weighted by Crippen LogP contribution is -2.42. The largest absolute Gasteiger partial charge is 0.494 e. The van der Waals surface area contributed by atoms with Crippen LogP contribution in [-0.2, 0) is 26.0 Å². The Labute approximate surface area is 244 Å². The molecule has 6 nitrogen and oxygen atoms in total. The number of fused-ring (bicyclic) bond motifs is 1. The minimum absolute atomic E-state index is 0.0841. The molecule has 1 heterocycles. The molecule has 0 fully saturated rings. The molecule has 1 aliphatic rings. The van der Waals surface area contributed by atoms with Gasteiger partial charge in [0.1, 0.15) is 5.82 Å². The predicted molar refractivity (Wildman–Crippen MR) is 156 cm³/mol. The lowest BCUT2D eigenvalue weighted by Gasteiger charge is -2.38. The van der Waals surface area contributed by atoms with E-state index in [0.717, 1.165) is 17.7 Å². The fourth-order valence-corrected chi connectivity index (χ4v) is 7.25. The highest BCUT2D eigenvalue weighted by Crippen LogP contribution is 2.40. The molecular weight excluding hydrogens is 572 g/mol. The zero-order valence-electron chi connectivity index (χ0n) is 23.5. The Hall–Kier alpha value is -3.43. The Morgan fingerprint density at radius 1 is 1.10 bits per heavy atom. The second-order valence-corrected chi connectivity index (χ2v) is 13.1. The van der Waals surface area contributed by atoms with E-state index in [9.17, 15) is 22.0 Å². The fraction of sp³-hybridized carbons (Fsp3) is 0.323. The molecule has 0 N–H and O–H groups in total. The maximum absolute atomic E-state index is 14.6. The van der Waals surface area contributed by atoms with Gasteiger partial charge in [0, 0.05) is 18.2 Å². The number of carbonyl (C=O) groups excluding carboxylic acids is 1. The molecule has 41 heavy (non-hydrogen) atoms. The third-order valence-electron chi connectivity index (χ3n) is 7.30. The number of carbonyl (C=O) groups is 1. The van der Waals surface area contributed by atoms with Crippen LogP contribution >= 0.6 is 11.6 Å². The molecule has 1 aliphatic heterocycles. The van der Waals surface area contributed by atoms with Crippen molar-refractivity contribution in [2.45, 2.75) is 38.5 Å². The second kappa shape index (κ2) is 11.8. The van der Waals surface area contributed by atoms with E-state index in [-0.39, 0.29) is 39.7 Å². The smallest absolute Gasteiger partial charge is 0.311 e. The summed E-state index contributed by atoms with van der Waals surface area (Å²) in [5.74, 6) is -1.94. The van der Waals surface area contributed by atoms with Crippen molar-refractivity contribution in [2.75, 3.05) is 25.1 Å². The predicted octanol–water partition coefficient (Wildman–Crippen LogP) is 7.14. The summed E-state index contributed by atoms with van der Waals surface area (Å²) in [7, 11) is -1.59. The molecule has 0 radical (unpaired) electrons. The number of nitrogens with zero attached hydrogens (tertiary/aromatic N) is 1. The van der Waals surface area contributed by atoms with Gasteiger partial charge < -0.3 is 9.47 Å². The number of halogens is 3. The van der Waals surface area contributed by atoms with Crippen LogP contribution in [0.15, 0.2) is 59.5 Å². The number of benzene rings is 3. The number of sulfonamides is 1. The van der Waals surface area contributed by atoms with Gasteiger partial charge in [0.05, 0.1) is 35.2 Å². The third-order valence-corrected chi connectivity index (χ3v) is 9.39. The van der Waals surface area contributed by atoms with Crippen LogP contribution in [0.1, 0.15) is 43.9 Å². The Kier molecular flexibility index (Phi) is 8.80. The van der Waals surface area contributed by atoms with Crippen molar-refractivity contribution in [3.63, 3.8) is 0 Å². The Balaban J connectivity index is 1.82. The highest BCUT2D eigenvalue weighted by atomic mass is 35.5. The van der Waals surface area contributed by atoms with Crippen molar-refractivity contribution in [2.24, 2.45) is 11.3 Å². The molecule has 0 aliphatic carbocycles. The van der Waals surface area contributed by atoms with E-state index in [4.69, 9.17) is 21.1 Å². The summed E-state index contributed by atoms with van der Waals surface area (Å²) in [5.41, 5.74) is 1.84. The molecule has 0 amide bonds. The molecule has 1 unspecified atom stereocenters. The van der Waals surface area contributed by atoms with Gasteiger partial charge in [0.15, 0.2) is 11.6 Å². The first-order chi connectivity index (χ1) is 19.3. The number of esters is 1. The van der Waals surface area contributed by atoms with Crippen LogP contribution < -0.4 is 9.04 Å². The first kappa shape index (κ1) is 30.5. The Morgan fingerprint density at radius 3 is 2.49 bits per heavy atom. The van der Waals surface area contributed by atoms with E-state index < -0.39 is 27.1 Å². The van der Waals surface area contributed by atoms with Crippen molar-refractivity contribution < 1.29 is 31.5 Å². The first-order valence-corrected chi connectivity index (χ1v) is 14.8. The average Bonchev–Trinajstić information content (AvgIpc) is 2.92. The molecule has 10 heteroatoms. The van der Waals surface area contributed by atoms with E-state index in [2.05, 4.69) is 0 Å². The van der Waals surface area contributed by atoms with Crippen LogP contribution in [0.25, 0.3) is 11.6 Å². The molecule has 0 saturated heterocycles. The van der Waals surface area contributed by atoms with Gasteiger partial charge in [0.25, 0.3) is 10.0 Å². The minimum Gasteiger partial charge on any atom is -0.494 e. The van der Waals surface area contributed by atoms with Crippen molar-refractivity contribution in [3.05, 3.63) is 87.9 Å². The average molecular weight is 604 g/mol. The highest BCUT2D eigenvalue weighted by Gasteiger charge is 2.38. The van der Waals surface area contributed by atoms with Crippen LogP contribution in [0.5, 0.6) is 5.75 Å². The van der Waals surface area contributed by atoms with Gasteiger partial charge in [-0.05, 0) is 86.6 Å². The van der Waals surface area contributed by atoms with Crippen molar-refractivity contribution in [3.8, 4) is 5.75 Å². The number of methoxy groups -OCH3 is 2. The van der Waals surface area contributed by atoms with Crippen molar-refractivity contribution in [1.82, 2.24) is 0 Å². The second-order valence-electron chi connectivity index (χ2n) is 10.8. The maximum atomic E-state index is 14.6. The van der Waals surface area contributed by atoms with E-state index in [1.807, 2.05) is 12.1 Å². The number of hydrogen-bond donors (Lipinski definition) is 0. The van der Waals surface area contributed by atoms with Crippen LogP contribution in [0.2, 0.25) is 5.02 Å². The summed E-state index contributed by atoms with van der Waals surface area (Å²) in [6, 6.07) is 13.3. The molecule has 1 atom stereocenters. The van der Waals surface area contributed by atoms with E-state index in [1.54, 1.807) is 39.0 Å². The quantitative estimate of drug-likeness (QED) is 0.202. The first-order valence-electron chi connectivity index (χ1n) is 13.0. The van der Waals surface area contributed by atoms with Gasteiger partial charge in [-0.15, -0.1) is 0 Å². The molecule has 218 valence electrons. The SMILES string of the molecule is COC(=O)C(C)(C)CC1Cc2ccc(C=C(C)c3c(F)cccc3Cl)cc2N(S(=O)(=O)c2ccc(F)c(OC)c2)C1. The highest BCUT2D eigenvalue weighted by molar-refractivity contribution is 7.92. The maximum Gasteiger partial charge on any atom is 0.311 e. The van der Waals surface area contributed by atoms with E-state index >= 15 is 0 Å². The molecule has 0 spiro atoms. The summed E-state index contributed by atoms with van der Waals surface area (Å²) in [4.78, 5) is 12.3. The third kappa shape index (κ3) is 6.26. The fourth-order valence-electron chi connectivity index (χ4n) is 5.35. The number of ether oxygens (including phenoxy) is 2. The lowest BCUT2D eigenvalue weighted by atomic mass is 9.79. The normalized spacial score (nSPS) is 15.9. The number of rotatable bonds is 8. The summed E-state index contributed by atoms with van der Waals surface area (Å²) >= 11 is 6.26. The van der Waals surface area contributed by atoms with E-state index in [0.29, 0.717) is 29.7 Å². The molecule has 3 aromatic carbocycles. The van der Waals surface area contributed by atoms with Gasteiger partial charge in [-0.25, -0.2) is 17.2 Å². The molecule has 0 bridgehead atoms. The number of anilines is 1. The number of allylic oxidation sites excluding steroid dienone is 1. The van der Waals surface area contributed by atoms with Gasteiger partial charge in [0.2, 0.25) is 0 Å². The Bertz CT molecular complexity index is 1600. The molecule has 3 aromatic rings. The number of hydrogen-bond acceptors (Lipinski definition) is 5. The standard InChI is InChI=1S/C31H32ClF2NO5S/c1-19(29-24(32)7-6-8-26(29)34)13-20-9-10-22-14-21(17-31(2,3)30(36)40-5)18-35(27(22)15-20)41(37,38)23-11-12-25(33)28(16-23)39-4/h6-13,15-16,21H,14,17-18H2,1-5H3. The van der Waals surface area contributed by atoms with Crippen LogP contribution in [0.4, 0.5) is 14.5 Å². The summed E-state index contributed by atoms with van der Waals surface area (Å²) in [5, 5.41) is 0.266. The van der Waals surface area contributed by atoms with Crippen molar-refractivity contribution in [1.29, 1.82) is 0 Å². The topological polar surface area (TPSA) is 72.9 Å². The minimum atomic E-state index is -4.18. The van der Waals surface area contributed by atoms with Crippen LogP contribution in [-0.4, -0.2) is 35.2 Å². The zero-order valence-corrected chi connectivity index (χ0v) is 25.1. The van der Waals surface area contributed by atoms with Crippen molar-refractivity contribution >= 4 is 44.9 Å². The molecule has 0 aromatic heterocycles. The van der Waals surface area contributed by atoms with Gasteiger partial charge >= 0.3 is 5.97 Å². The summed E-state index contributed by atoms with van der Waals surface area (Å²) in [6.07, 6.45) is 2.64. The summed E-state index contributed by atoms with van der Waals surface area (Å²) < 4.78 is 68.1. The molecular formula is C31H32ClF2NO5S. The van der Waals surface area contributed by atoms with Gasteiger partial charge in [-0.3, -0.25) is 9.10 Å².